The number of hydrogen-bond acceptors (Lipinski definition) is 3. The molecule has 88 valence electrons. The SMILES string of the molecule is CCC(Nc1ccc(F)c(F)c1)C(N)=NO. The van der Waals surface area contributed by atoms with Crippen molar-refractivity contribution in [1.82, 2.24) is 0 Å². The second-order valence-electron chi connectivity index (χ2n) is 3.26. The maximum atomic E-state index is 12.9. The molecule has 6 heteroatoms. The summed E-state index contributed by atoms with van der Waals surface area (Å²) in [5.74, 6) is -1.87. The molecule has 0 heterocycles. The summed E-state index contributed by atoms with van der Waals surface area (Å²) in [7, 11) is 0. The summed E-state index contributed by atoms with van der Waals surface area (Å²) < 4.78 is 25.5. The van der Waals surface area contributed by atoms with Gasteiger partial charge < -0.3 is 16.3 Å². The van der Waals surface area contributed by atoms with Gasteiger partial charge in [-0.15, -0.1) is 0 Å². The van der Waals surface area contributed by atoms with Crippen LogP contribution in [-0.2, 0) is 0 Å². The van der Waals surface area contributed by atoms with Crippen LogP contribution in [0.25, 0.3) is 0 Å². The Morgan fingerprint density at radius 3 is 2.69 bits per heavy atom. The van der Waals surface area contributed by atoms with Crippen molar-refractivity contribution in [3.63, 3.8) is 0 Å². The summed E-state index contributed by atoms with van der Waals surface area (Å²) in [6, 6.07) is 2.99. The summed E-state index contributed by atoms with van der Waals surface area (Å²) in [6.07, 6.45) is 0.550. The van der Waals surface area contributed by atoms with Gasteiger partial charge in [-0.05, 0) is 18.6 Å². The molecule has 1 atom stereocenters. The smallest absolute Gasteiger partial charge is 0.161 e. The molecule has 1 unspecified atom stereocenters. The van der Waals surface area contributed by atoms with Gasteiger partial charge in [0.2, 0.25) is 0 Å². The van der Waals surface area contributed by atoms with Crippen LogP contribution < -0.4 is 11.1 Å². The Bertz CT molecular complexity index is 396. The minimum Gasteiger partial charge on any atom is -0.409 e. The molecule has 0 bridgehead atoms. The maximum Gasteiger partial charge on any atom is 0.161 e. The van der Waals surface area contributed by atoms with E-state index in [-0.39, 0.29) is 5.84 Å². The van der Waals surface area contributed by atoms with Gasteiger partial charge in [-0.25, -0.2) is 8.78 Å². The van der Waals surface area contributed by atoms with Gasteiger partial charge in [-0.3, -0.25) is 0 Å². The van der Waals surface area contributed by atoms with Crippen LogP contribution in [0.5, 0.6) is 0 Å². The maximum absolute atomic E-state index is 12.9. The van der Waals surface area contributed by atoms with Crippen LogP contribution in [0.1, 0.15) is 13.3 Å². The molecule has 0 saturated heterocycles. The fourth-order valence-corrected chi connectivity index (χ4v) is 1.24. The lowest BCUT2D eigenvalue weighted by Gasteiger charge is -2.16. The monoisotopic (exact) mass is 229 g/mol. The predicted molar refractivity (Wildman–Crippen MR) is 57.5 cm³/mol. The number of benzene rings is 1. The summed E-state index contributed by atoms with van der Waals surface area (Å²) in [5, 5.41) is 14.2. The molecular weight excluding hydrogens is 216 g/mol. The summed E-state index contributed by atoms with van der Waals surface area (Å²) in [6.45, 7) is 1.82. The van der Waals surface area contributed by atoms with E-state index in [1.165, 1.54) is 6.07 Å². The standard InChI is InChI=1S/C10H13F2N3O/c1-2-9(10(13)15-16)14-6-3-4-7(11)8(12)5-6/h3-5,9,14,16H,2H2,1H3,(H2,13,15). The van der Waals surface area contributed by atoms with Crippen LogP contribution in [0.4, 0.5) is 14.5 Å². The van der Waals surface area contributed by atoms with E-state index in [9.17, 15) is 8.78 Å². The van der Waals surface area contributed by atoms with Gasteiger partial charge in [0.1, 0.15) is 0 Å². The van der Waals surface area contributed by atoms with E-state index in [2.05, 4.69) is 10.5 Å². The molecule has 0 aliphatic heterocycles. The molecule has 0 aliphatic carbocycles. The van der Waals surface area contributed by atoms with Gasteiger partial charge in [0, 0.05) is 11.8 Å². The molecule has 1 aromatic rings. The van der Waals surface area contributed by atoms with E-state index in [0.29, 0.717) is 12.1 Å². The molecule has 0 fully saturated rings. The van der Waals surface area contributed by atoms with Crippen LogP contribution >= 0.6 is 0 Å². The van der Waals surface area contributed by atoms with Crippen molar-refractivity contribution in [2.75, 3.05) is 5.32 Å². The molecule has 16 heavy (non-hydrogen) atoms. The van der Waals surface area contributed by atoms with E-state index in [4.69, 9.17) is 10.9 Å². The highest BCUT2D eigenvalue weighted by Gasteiger charge is 2.12. The molecule has 0 aliphatic rings. The third-order valence-electron chi connectivity index (χ3n) is 2.14. The molecule has 4 N–H and O–H groups in total. The van der Waals surface area contributed by atoms with Crippen molar-refractivity contribution in [3.8, 4) is 0 Å². The van der Waals surface area contributed by atoms with Crippen LogP contribution in [0.2, 0.25) is 0 Å². The largest absolute Gasteiger partial charge is 0.409 e. The molecule has 1 aromatic carbocycles. The van der Waals surface area contributed by atoms with Crippen LogP contribution in [0, 0.1) is 11.6 Å². The highest BCUT2D eigenvalue weighted by atomic mass is 19.2. The Kier molecular flexibility index (Phi) is 4.04. The van der Waals surface area contributed by atoms with E-state index in [1.807, 2.05) is 6.92 Å². The molecule has 4 nitrogen and oxygen atoms in total. The average Bonchev–Trinajstić information content (AvgIpc) is 2.29. The van der Waals surface area contributed by atoms with E-state index >= 15 is 0 Å². The number of nitrogens with two attached hydrogens (primary N) is 1. The Morgan fingerprint density at radius 2 is 2.19 bits per heavy atom. The van der Waals surface area contributed by atoms with Gasteiger partial charge in [-0.1, -0.05) is 12.1 Å². The van der Waals surface area contributed by atoms with Gasteiger partial charge in [0.25, 0.3) is 0 Å². The van der Waals surface area contributed by atoms with E-state index < -0.39 is 17.7 Å². The minimum absolute atomic E-state index is 0.00719. The quantitative estimate of drug-likeness (QED) is 0.319. The first kappa shape index (κ1) is 12.2. The van der Waals surface area contributed by atoms with Crippen molar-refractivity contribution < 1.29 is 14.0 Å². The van der Waals surface area contributed by atoms with Crippen molar-refractivity contribution in [2.45, 2.75) is 19.4 Å². The normalized spacial score (nSPS) is 13.6. The second-order valence-corrected chi connectivity index (χ2v) is 3.26. The van der Waals surface area contributed by atoms with E-state index in [1.54, 1.807) is 0 Å². The number of anilines is 1. The summed E-state index contributed by atoms with van der Waals surface area (Å²) >= 11 is 0. The molecule has 0 aromatic heterocycles. The van der Waals surface area contributed by atoms with Crippen molar-refractivity contribution in [3.05, 3.63) is 29.8 Å². The predicted octanol–water partition coefficient (Wildman–Crippen LogP) is 1.90. The van der Waals surface area contributed by atoms with Crippen LogP contribution in [0.3, 0.4) is 0 Å². The zero-order chi connectivity index (χ0) is 12.1. The Labute approximate surface area is 91.8 Å². The lowest BCUT2D eigenvalue weighted by molar-refractivity contribution is 0.316. The highest BCUT2D eigenvalue weighted by Crippen LogP contribution is 2.14. The highest BCUT2D eigenvalue weighted by molar-refractivity contribution is 5.87. The average molecular weight is 229 g/mol. The van der Waals surface area contributed by atoms with Crippen molar-refractivity contribution in [2.24, 2.45) is 10.9 Å². The lowest BCUT2D eigenvalue weighted by Crippen LogP contribution is -2.35. The minimum atomic E-state index is -0.945. The second kappa shape index (κ2) is 5.29. The number of nitrogens with zero attached hydrogens (tertiary/aromatic N) is 1. The van der Waals surface area contributed by atoms with Gasteiger partial charge in [0.05, 0.1) is 6.04 Å². The zero-order valence-corrected chi connectivity index (χ0v) is 8.74. The first-order valence-electron chi connectivity index (χ1n) is 4.77. The number of oxime groups is 1. The van der Waals surface area contributed by atoms with Crippen molar-refractivity contribution >= 4 is 11.5 Å². The number of rotatable bonds is 4. The topological polar surface area (TPSA) is 70.6 Å². The third kappa shape index (κ3) is 2.82. The Morgan fingerprint density at radius 1 is 1.50 bits per heavy atom. The van der Waals surface area contributed by atoms with Gasteiger partial charge in [0.15, 0.2) is 17.5 Å². The number of hydrogen-bond donors (Lipinski definition) is 3. The third-order valence-corrected chi connectivity index (χ3v) is 2.14. The summed E-state index contributed by atoms with van der Waals surface area (Å²) in [4.78, 5) is 0. The Balaban J connectivity index is 2.82. The van der Waals surface area contributed by atoms with Crippen LogP contribution in [-0.4, -0.2) is 17.1 Å². The molecular formula is C10H13F2N3O. The number of halogens is 2. The van der Waals surface area contributed by atoms with E-state index in [0.717, 1.165) is 12.1 Å². The molecule has 0 amide bonds. The fraction of sp³-hybridized carbons (Fsp3) is 0.300. The lowest BCUT2D eigenvalue weighted by atomic mass is 10.2. The fourth-order valence-electron chi connectivity index (χ4n) is 1.24. The number of nitrogens with one attached hydrogen (secondary N) is 1. The number of amidine groups is 1. The summed E-state index contributed by atoms with van der Waals surface area (Å²) in [5.41, 5.74) is 5.79. The molecule has 0 spiro atoms. The molecule has 1 rings (SSSR count). The Hall–Kier alpha value is -1.85. The van der Waals surface area contributed by atoms with Crippen LogP contribution in [0.15, 0.2) is 23.4 Å². The first-order chi connectivity index (χ1) is 7.58. The molecule has 0 radical (unpaired) electrons. The van der Waals surface area contributed by atoms with Gasteiger partial charge >= 0.3 is 0 Å². The van der Waals surface area contributed by atoms with Crippen molar-refractivity contribution in [1.29, 1.82) is 0 Å². The zero-order valence-electron chi connectivity index (χ0n) is 8.74. The molecule has 0 saturated carbocycles. The first-order valence-corrected chi connectivity index (χ1v) is 4.77. The van der Waals surface area contributed by atoms with Gasteiger partial charge in [-0.2, -0.15) is 0 Å².